The lowest BCUT2D eigenvalue weighted by atomic mass is 9.87. The summed E-state index contributed by atoms with van der Waals surface area (Å²) in [6.45, 7) is 22.8. The number of rotatable bonds is 7. The largest absolute Gasteiger partial charge is 0.508 e. The SMILES string of the molecule is CC(C)(C)COC(=O)OC1CCCC1.CC(OC(=O)OC1CCCC1)C(C)(C)C.CCC(OC(=O)OC1CCCC1)C(C)(C)C. The summed E-state index contributed by atoms with van der Waals surface area (Å²) in [7, 11) is 0. The molecule has 264 valence electrons. The molecule has 3 fully saturated rings. The maximum atomic E-state index is 11.6. The van der Waals surface area contributed by atoms with Crippen molar-refractivity contribution in [3.63, 3.8) is 0 Å². The molecule has 2 atom stereocenters. The fourth-order valence-electron chi connectivity index (χ4n) is 5.10. The molecule has 3 rings (SSSR count). The van der Waals surface area contributed by atoms with E-state index >= 15 is 0 Å². The lowest BCUT2D eigenvalue weighted by molar-refractivity contribution is -0.0336. The number of ether oxygens (including phenoxy) is 6. The van der Waals surface area contributed by atoms with Gasteiger partial charge in [0.05, 0.1) is 6.61 Å². The second-order valence-electron chi connectivity index (χ2n) is 16.2. The van der Waals surface area contributed by atoms with Crippen LogP contribution < -0.4 is 0 Å². The molecule has 0 bridgehead atoms. The zero-order valence-corrected chi connectivity index (χ0v) is 30.5. The minimum absolute atomic E-state index is 0.00863. The Morgan fingerprint density at radius 3 is 1.24 bits per heavy atom. The second kappa shape index (κ2) is 19.5. The van der Waals surface area contributed by atoms with Gasteiger partial charge in [-0.15, -0.1) is 0 Å². The van der Waals surface area contributed by atoms with Crippen LogP contribution in [0.3, 0.4) is 0 Å². The molecule has 0 spiro atoms. The van der Waals surface area contributed by atoms with Crippen LogP contribution in [0.1, 0.15) is 160 Å². The third-order valence-corrected chi connectivity index (χ3v) is 8.39. The number of hydrogen-bond donors (Lipinski definition) is 0. The molecule has 45 heavy (non-hydrogen) atoms. The van der Waals surface area contributed by atoms with E-state index in [9.17, 15) is 14.4 Å². The molecule has 9 heteroatoms. The Labute approximate surface area is 274 Å². The topological polar surface area (TPSA) is 107 Å². The molecule has 0 aromatic carbocycles. The summed E-state index contributed by atoms with van der Waals surface area (Å²) in [5.41, 5.74) is -0.0488. The van der Waals surface area contributed by atoms with Crippen LogP contribution in [0.5, 0.6) is 0 Å². The molecule has 0 aromatic rings. The van der Waals surface area contributed by atoms with Crippen LogP contribution >= 0.6 is 0 Å². The third kappa shape index (κ3) is 19.2. The highest BCUT2D eigenvalue weighted by molar-refractivity contribution is 5.61. The highest BCUT2D eigenvalue weighted by Gasteiger charge is 2.29. The van der Waals surface area contributed by atoms with Gasteiger partial charge in [0.25, 0.3) is 0 Å². The first-order chi connectivity index (χ1) is 20.8. The molecule has 0 amide bonds. The van der Waals surface area contributed by atoms with Gasteiger partial charge in [0.1, 0.15) is 30.5 Å². The molecular weight excluding hydrogens is 576 g/mol. The van der Waals surface area contributed by atoms with Gasteiger partial charge in [-0.2, -0.15) is 0 Å². The van der Waals surface area contributed by atoms with Gasteiger partial charge in [0.15, 0.2) is 0 Å². The second-order valence-corrected chi connectivity index (χ2v) is 16.2. The zero-order chi connectivity index (χ0) is 34.3. The van der Waals surface area contributed by atoms with Gasteiger partial charge in [-0.1, -0.05) is 69.2 Å². The van der Waals surface area contributed by atoms with Gasteiger partial charge in [-0.3, -0.25) is 0 Å². The Morgan fingerprint density at radius 1 is 0.578 bits per heavy atom. The van der Waals surface area contributed by atoms with E-state index in [2.05, 4.69) is 20.8 Å². The standard InChI is InChI=1S/C13H24O3.C12H22O3.C11H20O3/c1-5-11(13(2,3)4)16-12(14)15-10-8-6-7-9-10;1-9(12(2,3)4)14-11(13)15-10-7-5-6-8-10;1-11(2,3)8-13-10(12)14-9-6-4-5-7-9/h10-11H,5-9H2,1-4H3;9-10H,5-8H2,1-4H3;9H,4-8H2,1-3H3. The highest BCUT2D eigenvalue weighted by Crippen LogP contribution is 2.27. The van der Waals surface area contributed by atoms with Gasteiger partial charge >= 0.3 is 18.5 Å². The van der Waals surface area contributed by atoms with Crippen molar-refractivity contribution < 1.29 is 42.8 Å². The Kier molecular flexibility index (Phi) is 17.7. The van der Waals surface area contributed by atoms with Crippen molar-refractivity contribution in [3.05, 3.63) is 0 Å². The summed E-state index contributed by atoms with van der Waals surface area (Å²) in [5, 5.41) is 0. The molecule has 3 saturated carbocycles. The first-order valence-electron chi connectivity index (χ1n) is 17.4. The highest BCUT2D eigenvalue weighted by atomic mass is 16.7. The minimum atomic E-state index is -0.510. The Balaban J connectivity index is 0.000000338. The molecule has 0 N–H and O–H groups in total. The van der Waals surface area contributed by atoms with Crippen molar-refractivity contribution in [2.24, 2.45) is 16.2 Å². The summed E-state index contributed by atoms with van der Waals surface area (Å²) >= 11 is 0. The first kappa shape index (κ1) is 40.8. The molecular formula is C36H66O9. The first-order valence-corrected chi connectivity index (χ1v) is 17.4. The number of hydrogen-bond acceptors (Lipinski definition) is 9. The fraction of sp³-hybridized carbons (Fsp3) is 0.917. The smallest absolute Gasteiger partial charge is 0.434 e. The average molecular weight is 643 g/mol. The van der Waals surface area contributed by atoms with E-state index in [1.165, 1.54) is 0 Å². The maximum Gasteiger partial charge on any atom is 0.508 e. The van der Waals surface area contributed by atoms with Crippen LogP contribution in [0.25, 0.3) is 0 Å². The van der Waals surface area contributed by atoms with Crippen LogP contribution in [0.15, 0.2) is 0 Å². The maximum absolute atomic E-state index is 11.6. The molecule has 0 aliphatic heterocycles. The van der Waals surface area contributed by atoms with Crippen molar-refractivity contribution in [2.45, 2.75) is 190 Å². The van der Waals surface area contributed by atoms with E-state index in [0.717, 1.165) is 83.5 Å². The molecule has 2 unspecified atom stereocenters. The molecule has 0 heterocycles. The summed E-state index contributed by atoms with van der Waals surface area (Å²) in [5.74, 6) is 0. The number of carbonyl (C=O) groups is 3. The summed E-state index contributed by atoms with van der Waals surface area (Å²) in [4.78, 5) is 34.2. The predicted octanol–water partition coefficient (Wildman–Crippen LogP) is 10.6. The zero-order valence-electron chi connectivity index (χ0n) is 30.5. The van der Waals surface area contributed by atoms with Crippen LogP contribution in [0.2, 0.25) is 0 Å². The minimum Gasteiger partial charge on any atom is -0.434 e. The van der Waals surface area contributed by atoms with E-state index in [1.807, 2.05) is 55.4 Å². The lowest BCUT2D eigenvalue weighted by Crippen LogP contribution is -2.32. The Hall–Kier alpha value is -2.19. The fourth-order valence-corrected chi connectivity index (χ4v) is 5.10. The van der Waals surface area contributed by atoms with E-state index in [4.69, 9.17) is 28.4 Å². The van der Waals surface area contributed by atoms with Crippen molar-refractivity contribution in [1.29, 1.82) is 0 Å². The average Bonchev–Trinajstić information content (AvgIpc) is 3.70. The van der Waals surface area contributed by atoms with Gasteiger partial charge in [-0.05, 0) is 107 Å². The van der Waals surface area contributed by atoms with E-state index in [0.29, 0.717) is 6.61 Å². The van der Waals surface area contributed by atoms with Crippen molar-refractivity contribution >= 4 is 18.5 Å². The summed E-state index contributed by atoms with van der Waals surface area (Å²) in [6, 6.07) is 0. The van der Waals surface area contributed by atoms with Crippen molar-refractivity contribution in [1.82, 2.24) is 0 Å². The van der Waals surface area contributed by atoms with Gasteiger partial charge in [0.2, 0.25) is 0 Å². The quantitative estimate of drug-likeness (QED) is 0.198. The predicted molar refractivity (Wildman–Crippen MR) is 176 cm³/mol. The summed E-state index contributed by atoms with van der Waals surface area (Å²) < 4.78 is 31.2. The third-order valence-electron chi connectivity index (χ3n) is 8.39. The van der Waals surface area contributed by atoms with Crippen LogP contribution in [-0.2, 0) is 28.4 Å². The Bertz CT molecular complexity index is 847. The van der Waals surface area contributed by atoms with Crippen molar-refractivity contribution in [3.8, 4) is 0 Å². The Morgan fingerprint density at radius 2 is 0.933 bits per heavy atom. The van der Waals surface area contributed by atoms with Crippen molar-refractivity contribution in [2.75, 3.05) is 6.61 Å². The van der Waals surface area contributed by atoms with Crippen LogP contribution in [0.4, 0.5) is 14.4 Å². The van der Waals surface area contributed by atoms with Crippen LogP contribution in [0, 0.1) is 16.2 Å². The molecule has 0 saturated heterocycles. The molecule has 3 aliphatic carbocycles. The normalized spacial score (nSPS) is 19.3. The van der Waals surface area contributed by atoms with E-state index in [1.54, 1.807) is 0 Å². The van der Waals surface area contributed by atoms with Gasteiger partial charge in [-0.25, -0.2) is 14.4 Å². The van der Waals surface area contributed by atoms with E-state index < -0.39 is 18.5 Å². The molecule has 3 aliphatic rings. The molecule has 0 aromatic heterocycles. The van der Waals surface area contributed by atoms with E-state index in [-0.39, 0.29) is 46.8 Å². The summed E-state index contributed by atoms with van der Waals surface area (Å²) in [6.07, 6.45) is 12.3. The molecule has 9 nitrogen and oxygen atoms in total. The molecule has 0 radical (unpaired) electrons. The van der Waals surface area contributed by atoms with Gasteiger partial charge in [0, 0.05) is 0 Å². The van der Waals surface area contributed by atoms with Crippen LogP contribution in [-0.4, -0.2) is 55.6 Å². The number of carbonyl (C=O) groups excluding carboxylic acids is 3. The monoisotopic (exact) mass is 642 g/mol. The lowest BCUT2D eigenvalue weighted by Gasteiger charge is -2.29. The van der Waals surface area contributed by atoms with Gasteiger partial charge < -0.3 is 28.4 Å².